The zero-order chi connectivity index (χ0) is 11.7. The minimum absolute atomic E-state index is 0.0319. The minimum Gasteiger partial charge on any atom is -0.508 e. The van der Waals surface area contributed by atoms with E-state index in [2.05, 4.69) is 4.98 Å². The molecule has 0 aliphatic rings. The lowest BCUT2D eigenvalue weighted by atomic mass is 9.99. The smallest absolute Gasteiger partial charge is 0.126 e. The van der Waals surface area contributed by atoms with Gasteiger partial charge in [0.1, 0.15) is 17.4 Å². The lowest BCUT2D eigenvalue weighted by Crippen LogP contribution is -2.04. The number of halogens is 1. The van der Waals surface area contributed by atoms with Crippen molar-refractivity contribution >= 4 is 0 Å². The highest BCUT2D eigenvalue weighted by Gasteiger charge is 2.16. The predicted molar refractivity (Wildman–Crippen MR) is 58.8 cm³/mol. The molecule has 0 fully saturated rings. The van der Waals surface area contributed by atoms with Crippen LogP contribution in [-0.2, 0) is 7.05 Å². The van der Waals surface area contributed by atoms with E-state index in [1.165, 1.54) is 6.07 Å². The van der Waals surface area contributed by atoms with E-state index in [1.54, 1.807) is 12.3 Å². The number of aryl methyl sites for hydroxylation is 1. The van der Waals surface area contributed by atoms with Crippen LogP contribution in [-0.4, -0.2) is 14.7 Å². The van der Waals surface area contributed by atoms with Crippen LogP contribution in [0.1, 0.15) is 24.2 Å². The van der Waals surface area contributed by atoms with Crippen LogP contribution in [0.5, 0.6) is 5.75 Å². The second-order valence-electron chi connectivity index (χ2n) is 3.82. The second kappa shape index (κ2) is 3.96. The van der Waals surface area contributed by atoms with Gasteiger partial charge in [0.2, 0.25) is 0 Å². The molecule has 2 aromatic rings. The monoisotopic (exact) mass is 220 g/mol. The molecule has 16 heavy (non-hydrogen) atoms. The lowest BCUT2D eigenvalue weighted by molar-refractivity contribution is 0.458. The molecule has 1 aromatic heterocycles. The van der Waals surface area contributed by atoms with Gasteiger partial charge in [-0.2, -0.15) is 0 Å². The molecule has 1 unspecified atom stereocenters. The molecule has 0 radical (unpaired) electrons. The van der Waals surface area contributed by atoms with Crippen molar-refractivity contribution in [1.82, 2.24) is 9.55 Å². The highest BCUT2D eigenvalue weighted by molar-refractivity contribution is 5.38. The van der Waals surface area contributed by atoms with Crippen molar-refractivity contribution in [3.63, 3.8) is 0 Å². The summed E-state index contributed by atoms with van der Waals surface area (Å²) in [5.41, 5.74) is 0.677. The van der Waals surface area contributed by atoms with Crippen molar-refractivity contribution in [2.45, 2.75) is 12.8 Å². The van der Waals surface area contributed by atoms with E-state index in [-0.39, 0.29) is 11.7 Å². The fourth-order valence-corrected chi connectivity index (χ4v) is 1.82. The standard InChI is InChI=1S/C12H13FN2O/c1-8(12-14-5-6-15(12)2)10-4-3-9(13)7-11(10)16/h3-8,16H,1-2H3. The van der Waals surface area contributed by atoms with Crippen LogP contribution < -0.4 is 0 Å². The van der Waals surface area contributed by atoms with Gasteiger partial charge in [-0.15, -0.1) is 0 Å². The van der Waals surface area contributed by atoms with Crippen molar-refractivity contribution in [3.05, 3.63) is 47.8 Å². The van der Waals surface area contributed by atoms with Gasteiger partial charge in [0.05, 0.1) is 0 Å². The average molecular weight is 220 g/mol. The number of rotatable bonds is 2. The summed E-state index contributed by atoms with van der Waals surface area (Å²) in [6.45, 7) is 1.93. The Labute approximate surface area is 93.2 Å². The first kappa shape index (κ1) is 10.7. The number of phenolic OH excluding ortho intramolecular Hbond substituents is 1. The van der Waals surface area contributed by atoms with Gasteiger partial charge in [-0.1, -0.05) is 13.0 Å². The van der Waals surface area contributed by atoms with Crippen LogP contribution in [0.15, 0.2) is 30.6 Å². The number of hydrogen-bond donors (Lipinski definition) is 1. The van der Waals surface area contributed by atoms with E-state index in [0.717, 1.165) is 11.9 Å². The Kier molecular flexibility index (Phi) is 2.64. The van der Waals surface area contributed by atoms with Crippen LogP contribution in [0.3, 0.4) is 0 Å². The van der Waals surface area contributed by atoms with Gasteiger partial charge in [-0.05, 0) is 6.07 Å². The van der Waals surface area contributed by atoms with Crippen molar-refractivity contribution in [2.24, 2.45) is 7.05 Å². The number of aromatic hydroxyl groups is 1. The lowest BCUT2D eigenvalue weighted by Gasteiger charge is -2.13. The third-order valence-corrected chi connectivity index (χ3v) is 2.70. The van der Waals surface area contributed by atoms with E-state index in [1.807, 2.05) is 24.7 Å². The Morgan fingerprint density at radius 3 is 2.75 bits per heavy atom. The molecule has 3 nitrogen and oxygen atoms in total. The van der Waals surface area contributed by atoms with Crippen LogP contribution in [0.2, 0.25) is 0 Å². The summed E-state index contributed by atoms with van der Waals surface area (Å²) in [6.07, 6.45) is 3.54. The summed E-state index contributed by atoms with van der Waals surface area (Å²) in [4.78, 5) is 4.21. The number of aromatic nitrogens is 2. The van der Waals surface area contributed by atoms with E-state index >= 15 is 0 Å². The van der Waals surface area contributed by atoms with Gasteiger partial charge >= 0.3 is 0 Å². The summed E-state index contributed by atoms with van der Waals surface area (Å²) in [6, 6.07) is 4.05. The maximum Gasteiger partial charge on any atom is 0.126 e. The average Bonchev–Trinajstić information content (AvgIpc) is 2.63. The first-order valence-corrected chi connectivity index (χ1v) is 5.05. The Morgan fingerprint density at radius 2 is 2.19 bits per heavy atom. The number of nitrogens with zero attached hydrogens (tertiary/aromatic N) is 2. The molecule has 1 aromatic carbocycles. The molecule has 4 heteroatoms. The number of benzene rings is 1. The molecule has 0 aliphatic carbocycles. The summed E-state index contributed by atoms with van der Waals surface area (Å²) in [7, 11) is 1.89. The molecule has 0 bridgehead atoms. The van der Waals surface area contributed by atoms with E-state index in [4.69, 9.17) is 0 Å². The minimum atomic E-state index is -0.437. The molecular formula is C12H13FN2O. The molecule has 2 rings (SSSR count). The third kappa shape index (κ3) is 1.78. The van der Waals surface area contributed by atoms with Gasteiger partial charge in [-0.3, -0.25) is 0 Å². The van der Waals surface area contributed by atoms with E-state index in [0.29, 0.717) is 5.56 Å². The summed E-state index contributed by atoms with van der Waals surface area (Å²) < 4.78 is 14.7. The molecule has 1 atom stereocenters. The van der Waals surface area contributed by atoms with Crippen LogP contribution in [0, 0.1) is 5.82 Å². The Hall–Kier alpha value is -1.84. The zero-order valence-electron chi connectivity index (χ0n) is 9.18. The first-order chi connectivity index (χ1) is 7.59. The van der Waals surface area contributed by atoms with Crippen LogP contribution >= 0.6 is 0 Å². The van der Waals surface area contributed by atoms with E-state index in [9.17, 15) is 9.50 Å². The van der Waals surface area contributed by atoms with Crippen LogP contribution in [0.25, 0.3) is 0 Å². The second-order valence-corrected chi connectivity index (χ2v) is 3.82. The topological polar surface area (TPSA) is 38.1 Å². The molecule has 1 heterocycles. The quantitative estimate of drug-likeness (QED) is 0.844. The highest BCUT2D eigenvalue weighted by Crippen LogP contribution is 2.30. The van der Waals surface area contributed by atoms with Crippen molar-refractivity contribution in [1.29, 1.82) is 0 Å². The maximum absolute atomic E-state index is 12.9. The van der Waals surface area contributed by atoms with Gasteiger partial charge < -0.3 is 9.67 Å². The first-order valence-electron chi connectivity index (χ1n) is 5.05. The summed E-state index contributed by atoms with van der Waals surface area (Å²) >= 11 is 0. The third-order valence-electron chi connectivity index (χ3n) is 2.70. The van der Waals surface area contributed by atoms with Crippen LogP contribution in [0.4, 0.5) is 4.39 Å². The Bertz CT molecular complexity index is 507. The summed E-state index contributed by atoms with van der Waals surface area (Å²) in [5, 5.41) is 9.67. The molecular weight excluding hydrogens is 207 g/mol. The SMILES string of the molecule is CC(c1ccc(F)cc1O)c1nccn1C. The molecule has 0 aliphatic heterocycles. The Balaban J connectivity index is 2.41. The van der Waals surface area contributed by atoms with Gasteiger partial charge in [0.15, 0.2) is 0 Å². The fourth-order valence-electron chi connectivity index (χ4n) is 1.82. The molecule has 0 saturated heterocycles. The molecule has 0 spiro atoms. The largest absolute Gasteiger partial charge is 0.508 e. The van der Waals surface area contributed by atoms with Gasteiger partial charge in [0, 0.05) is 37.0 Å². The van der Waals surface area contributed by atoms with E-state index < -0.39 is 5.82 Å². The number of imidazole rings is 1. The van der Waals surface area contributed by atoms with Crippen molar-refractivity contribution in [3.8, 4) is 5.75 Å². The highest BCUT2D eigenvalue weighted by atomic mass is 19.1. The molecule has 84 valence electrons. The normalized spacial score (nSPS) is 12.7. The van der Waals surface area contributed by atoms with Crippen molar-refractivity contribution in [2.75, 3.05) is 0 Å². The molecule has 0 saturated carbocycles. The zero-order valence-corrected chi connectivity index (χ0v) is 9.18. The molecule has 0 amide bonds. The number of hydrogen-bond acceptors (Lipinski definition) is 2. The number of phenols is 1. The molecule has 1 N–H and O–H groups in total. The summed E-state index contributed by atoms with van der Waals surface area (Å²) in [5.74, 6) is 0.297. The van der Waals surface area contributed by atoms with Crippen molar-refractivity contribution < 1.29 is 9.50 Å². The van der Waals surface area contributed by atoms with Gasteiger partial charge in [-0.25, -0.2) is 9.37 Å². The Morgan fingerprint density at radius 1 is 1.44 bits per heavy atom. The van der Waals surface area contributed by atoms with Gasteiger partial charge in [0.25, 0.3) is 0 Å². The maximum atomic E-state index is 12.9. The fraction of sp³-hybridized carbons (Fsp3) is 0.250. The predicted octanol–water partition coefficient (Wildman–Crippen LogP) is 2.42.